The monoisotopic (exact) mass is 402 g/mol. The minimum atomic E-state index is -0.519. The molecular formula is C21H23ClN2O4. The summed E-state index contributed by atoms with van der Waals surface area (Å²) in [5, 5.41) is 5.97. The highest BCUT2D eigenvalue weighted by Gasteiger charge is 2.11. The average molecular weight is 403 g/mol. The van der Waals surface area contributed by atoms with Gasteiger partial charge in [0.1, 0.15) is 0 Å². The fourth-order valence-corrected chi connectivity index (χ4v) is 2.73. The number of carbonyl (C=O) groups is 3. The second kappa shape index (κ2) is 11.1. The number of hydrogen-bond donors (Lipinski definition) is 2. The van der Waals surface area contributed by atoms with Gasteiger partial charge in [-0.25, -0.2) is 0 Å². The third-order valence-corrected chi connectivity index (χ3v) is 4.16. The molecule has 2 rings (SSSR count). The first-order valence-corrected chi connectivity index (χ1v) is 9.44. The molecule has 2 N–H and O–H groups in total. The van der Waals surface area contributed by atoms with Crippen LogP contribution in [0.1, 0.15) is 31.7 Å². The van der Waals surface area contributed by atoms with Crippen molar-refractivity contribution in [2.75, 3.05) is 17.2 Å². The summed E-state index contributed by atoms with van der Waals surface area (Å²) in [6.07, 6.45) is 1.33. The summed E-state index contributed by atoms with van der Waals surface area (Å²) in [4.78, 5) is 35.6. The van der Waals surface area contributed by atoms with E-state index in [0.717, 1.165) is 12.0 Å². The summed E-state index contributed by atoms with van der Waals surface area (Å²) in [5.74, 6) is -1.13. The second-order valence-electron chi connectivity index (χ2n) is 6.13. The van der Waals surface area contributed by atoms with E-state index in [1.165, 1.54) is 0 Å². The van der Waals surface area contributed by atoms with Gasteiger partial charge in [-0.1, -0.05) is 42.8 Å². The Morgan fingerprint density at radius 1 is 0.964 bits per heavy atom. The highest BCUT2D eigenvalue weighted by molar-refractivity contribution is 6.30. The highest BCUT2D eigenvalue weighted by Crippen LogP contribution is 2.16. The molecule has 0 aliphatic heterocycles. The summed E-state index contributed by atoms with van der Waals surface area (Å²) in [6.45, 7) is 1.64. The minimum Gasteiger partial charge on any atom is -0.456 e. The molecule has 2 aromatic carbocycles. The summed E-state index contributed by atoms with van der Waals surface area (Å²) in [7, 11) is 0. The molecule has 0 fully saturated rings. The second-order valence-corrected chi connectivity index (χ2v) is 6.57. The van der Waals surface area contributed by atoms with Crippen molar-refractivity contribution >= 4 is 40.8 Å². The van der Waals surface area contributed by atoms with Crippen LogP contribution >= 0.6 is 11.6 Å². The number of anilines is 2. The van der Waals surface area contributed by atoms with Crippen molar-refractivity contribution in [2.24, 2.45) is 0 Å². The van der Waals surface area contributed by atoms with Gasteiger partial charge in [-0.2, -0.15) is 0 Å². The summed E-state index contributed by atoms with van der Waals surface area (Å²) in [6, 6.07) is 14.3. The Balaban J connectivity index is 1.65. The van der Waals surface area contributed by atoms with Crippen molar-refractivity contribution in [1.82, 2.24) is 0 Å². The topological polar surface area (TPSA) is 84.5 Å². The van der Waals surface area contributed by atoms with E-state index < -0.39 is 11.9 Å². The maximum Gasteiger partial charge on any atom is 0.306 e. The molecule has 0 saturated heterocycles. The van der Waals surface area contributed by atoms with Gasteiger partial charge in [0.15, 0.2) is 6.61 Å². The van der Waals surface area contributed by atoms with Gasteiger partial charge in [-0.05, 0) is 42.7 Å². The molecule has 0 spiro atoms. The lowest BCUT2D eigenvalue weighted by molar-refractivity contribution is -0.147. The molecule has 0 bridgehead atoms. The summed E-state index contributed by atoms with van der Waals surface area (Å²) in [5.41, 5.74) is 2.32. The van der Waals surface area contributed by atoms with Crippen molar-refractivity contribution in [3.63, 3.8) is 0 Å². The molecule has 0 aliphatic rings. The number of nitrogens with one attached hydrogen (secondary N) is 2. The fraction of sp³-hybridized carbons (Fsp3) is 0.286. The Kier molecular flexibility index (Phi) is 8.49. The molecule has 2 aromatic rings. The number of hydrogen-bond acceptors (Lipinski definition) is 4. The van der Waals surface area contributed by atoms with Gasteiger partial charge in [0.2, 0.25) is 5.91 Å². The number of halogens is 1. The number of rotatable bonds is 9. The maximum atomic E-state index is 11.9. The van der Waals surface area contributed by atoms with Crippen LogP contribution in [0.2, 0.25) is 5.02 Å². The number of ether oxygens (including phenoxy) is 1. The van der Waals surface area contributed by atoms with Crippen LogP contribution < -0.4 is 10.6 Å². The van der Waals surface area contributed by atoms with Crippen molar-refractivity contribution in [1.29, 1.82) is 0 Å². The molecule has 148 valence electrons. The van der Waals surface area contributed by atoms with Crippen LogP contribution in [0, 0.1) is 0 Å². The van der Waals surface area contributed by atoms with Gasteiger partial charge in [0, 0.05) is 29.2 Å². The lowest BCUT2D eigenvalue weighted by Gasteiger charge is -2.10. The number of para-hydroxylation sites is 1. The number of esters is 1. The van der Waals surface area contributed by atoms with Gasteiger partial charge < -0.3 is 15.4 Å². The van der Waals surface area contributed by atoms with Crippen molar-refractivity contribution in [3.05, 3.63) is 59.1 Å². The zero-order valence-electron chi connectivity index (χ0n) is 15.7. The van der Waals surface area contributed by atoms with E-state index in [9.17, 15) is 14.4 Å². The summed E-state index contributed by atoms with van der Waals surface area (Å²) >= 11 is 5.86. The van der Waals surface area contributed by atoms with Crippen LogP contribution in [0.25, 0.3) is 0 Å². The fourth-order valence-electron chi connectivity index (χ4n) is 2.54. The Labute approximate surface area is 169 Å². The highest BCUT2D eigenvalue weighted by atomic mass is 35.5. The van der Waals surface area contributed by atoms with Gasteiger partial charge in [-0.3, -0.25) is 14.4 Å². The Bertz CT molecular complexity index is 839. The molecule has 6 nitrogen and oxygen atoms in total. The van der Waals surface area contributed by atoms with E-state index in [1.807, 2.05) is 25.1 Å². The number of amides is 2. The van der Waals surface area contributed by atoms with Crippen LogP contribution in [0.3, 0.4) is 0 Å². The standard InChI is InChI=1S/C21H23ClN2O4/c1-2-15-7-3-4-10-18(15)24-20(26)14-28-21(27)12-6-11-19(25)23-17-9-5-8-16(22)13-17/h3-5,7-10,13H,2,6,11-12,14H2,1H3,(H,23,25)(H,24,26). The third-order valence-electron chi connectivity index (χ3n) is 3.93. The van der Waals surface area contributed by atoms with E-state index in [-0.39, 0.29) is 25.4 Å². The minimum absolute atomic E-state index is 0.0573. The van der Waals surface area contributed by atoms with E-state index >= 15 is 0 Å². The predicted molar refractivity (Wildman–Crippen MR) is 109 cm³/mol. The molecule has 0 heterocycles. The van der Waals surface area contributed by atoms with Crippen LogP contribution in [0.4, 0.5) is 11.4 Å². The molecule has 7 heteroatoms. The molecule has 2 amide bonds. The Morgan fingerprint density at radius 3 is 2.50 bits per heavy atom. The SMILES string of the molecule is CCc1ccccc1NC(=O)COC(=O)CCCC(=O)Nc1cccc(Cl)c1. The maximum absolute atomic E-state index is 11.9. The van der Waals surface area contributed by atoms with Crippen molar-refractivity contribution in [3.8, 4) is 0 Å². The zero-order chi connectivity index (χ0) is 20.4. The molecule has 0 saturated carbocycles. The average Bonchev–Trinajstić information content (AvgIpc) is 2.67. The predicted octanol–water partition coefficient (Wildman–Crippen LogP) is 4.19. The summed E-state index contributed by atoms with van der Waals surface area (Å²) < 4.78 is 4.97. The lowest BCUT2D eigenvalue weighted by atomic mass is 10.1. The molecule has 0 aliphatic carbocycles. The van der Waals surface area contributed by atoms with Gasteiger partial charge in [0.25, 0.3) is 5.91 Å². The molecule has 28 heavy (non-hydrogen) atoms. The van der Waals surface area contributed by atoms with E-state index in [2.05, 4.69) is 10.6 Å². The molecule has 0 unspecified atom stereocenters. The van der Waals surface area contributed by atoms with Gasteiger partial charge in [0.05, 0.1) is 0 Å². The number of aryl methyl sites for hydroxylation is 1. The first-order chi connectivity index (χ1) is 13.5. The Hall–Kier alpha value is -2.86. The van der Waals surface area contributed by atoms with Crippen LogP contribution in [-0.4, -0.2) is 24.4 Å². The number of benzene rings is 2. The normalized spacial score (nSPS) is 10.2. The lowest BCUT2D eigenvalue weighted by Crippen LogP contribution is -2.21. The zero-order valence-corrected chi connectivity index (χ0v) is 16.4. The largest absolute Gasteiger partial charge is 0.456 e. The first-order valence-electron chi connectivity index (χ1n) is 9.06. The van der Waals surface area contributed by atoms with E-state index in [4.69, 9.17) is 16.3 Å². The van der Waals surface area contributed by atoms with Crippen LogP contribution in [0.5, 0.6) is 0 Å². The molecule has 0 atom stereocenters. The van der Waals surface area contributed by atoms with Crippen LogP contribution in [0.15, 0.2) is 48.5 Å². The first kappa shape index (κ1) is 21.4. The van der Waals surface area contributed by atoms with Gasteiger partial charge >= 0.3 is 5.97 Å². The molecule has 0 aromatic heterocycles. The van der Waals surface area contributed by atoms with Crippen LogP contribution in [-0.2, 0) is 25.5 Å². The molecule has 0 radical (unpaired) electrons. The van der Waals surface area contributed by atoms with Gasteiger partial charge in [-0.15, -0.1) is 0 Å². The van der Waals surface area contributed by atoms with Crippen molar-refractivity contribution in [2.45, 2.75) is 32.6 Å². The van der Waals surface area contributed by atoms with E-state index in [0.29, 0.717) is 22.8 Å². The van der Waals surface area contributed by atoms with Crippen molar-refractivity contribution < 1.29 is 19.1 Å². The third kappa shape index (κ3) is 7.40. The number of carbonyl (C=O) groups excluding carboxylic acids is 3. The molecular weight excluding hydrogens is 380 g/mol. The van der Waals surface area contributed by atoms with E-state index in [1.54, 1.807) is 30.3 Å². The quantitative estimate of drug-likeness (QED) is 0.616. The smallest absolute Gasteiger partial charge is 0.306 e. The Morgan fingerprint density at radius 2 is 1.75 bits per heavy atom.